The van der Waals surface area contributed by atoms with Gasteiger partial charge < -0.3 is 10.2 Å². The van der Waals surface area contributed by atoms with Crippen molar-refractivity contribution in [3.8, 4) is 10.4 Å². The molecule has 1 aromatic heterocycles. The summed E-state index contributed by atoms with van der Waals surface area (Å²) in [5.74, 6) is -1.63. The average Bonchev–Trinajstić information content (AvgIpc) is 3.30. The Bertz CT molecular complexity index is 1120. The number of aliphatic hydroxyl groups excluding tert-OH is 1. The molecule has 1 fully saturated rings. The van der Waals surface area contributed by atoms with Crippen molar-refractivity contribution in [2.75, 3.05) is 4.31 Å². The monoisotopic (exact) mass is 463 g/mol. The predicted molar refractivity (Wildman–Crippen MR) is 118 cm³/mol. The smallest absolute Gasteiger partial charge is 0.331 e. The zero-order chi connectivity index (χ0) is 21.5. The van der Waals surface area contributed by atoms with Gasteiger partial charge in [-0.25, -0.2) is 13.3 Å². The second-order valence-corrected chi connectivity index (χ2v) is 9.38. The highest BCUT2D eigenvalue weighted by molar-refractivity contribution is 7.81. The van der Waals surface area contributed by atoms with Gasteiger partial charge in [0.1, 0.15) is 5.00 Å². The van der Waals surface area contributed by atoms with Gasteiger partial charge in [-0.05, 0) is 47.4 Å². The summed E-state index contributed by atoms with van der Waals surface area (Å²) in [6, 6.07) is 17.6. The Labute approximate surface area is 184 Å². The number of carboxylic acid groups (broad SMARTS) is 1. The van der Waals surface area contributed by atoms with Gasteiger partial charge >= 0.3 is 5.97 Å². The molecule has 0 saturated heterocycles. The van der Waals surface area contributed by atoms with E-state index in [-0.39, 0.29) is 13.0 Å². The van der Waals surface area contributed by atoms with Crippen LogP contribution in [0.4, 0.5) is 5.00 Å². The van der Waals surface area contributed by atoms with Crippen LogP contribution in [0.5, 0.6) is 0 Å². The van der Waals surface area contributed by atoms with Crippen molar-refractivity contribution < 1.29 is 23.8 Å². The fourth-order valence-corrected chi connectivity index (χ4v) is 5.92. The molecule has 0 amide bonds. The normalized spacial score (nSPS) is 21.2. The lowest BCUT2D eigenvalue weighted by Crippen LogP contribution is -2.45. The maximum atomic E-state index is 12.3. The summed E-state index contributed by atoms with van der Waals surface area (Å²) in [7, 11) is 0. The number of rotatable bonds is 7. The average molecular weight is 464 g/mol. The predicted octanol–water partition coefficient (Wildman–Crippen LogP) is 4.51. The number of anilines is 1. The van der Waals surface area contributed by atoms with E-state index in [2.05, 4.69) is 0 Å². The molecule has 0 spiro atoms. The van der Waals surface area contributed by atoms with E-state index in [9.17, 15) is 23.8 Å². The van der Waals surface area contributed by atoms with E-state index in [0.717, 1.165) is 14.7 Å². The molecule has 156 valence electrons. The van der Waals surface area contributed by atoms with E-state index in [0.29, 0.717) is 21.2 Å². The quantitative estimate of drug-likeness (QED) is 0.448. The van der Waals surface area contributed by atoms with Crippen LogP contribution in [0.2, 0.25) is 5.02 Å². The van der Waals surface area contributed by atoms with Crippen molar-refractivity contribution in [1.82, 2.24) is 0 Å². The van der Waals surface area contributed by atoms with Gasteiger partial charge in [-0.3, -0.25) is 4.55 Å². The molecule has 2 aromatic carbocycles. The van der Waals surface area contributed by atoms with Crippen LogP contribution >= 0.6 is 22.9 Å². The lowest BCUT2D eigenvalue weighted by atomic mass is 10.0. The summed E-state index contributed by atoms with van der Waals surface area (Å²) in [5, 5.41) is 20.4. The van der Waals surface area contributed by atoms with Gasteiger partial charge in [-0.1, -0.05) is 48.0 Å². The summed E-state index contributed by atoms with van der Waals surface area (Å²) in [4.78, 5) is 13.1. The number of nitrogens with zero attached hydrogens (tertiary/aromatic N) is 1. The minimum atomic E-state index is -2.54. The van der Waals surface area contributed by atoms with Crippen LogP contribution in [0.25, 0.3) is 10.4 Å². The van der Waals surface area contributed by atoms with E-state index >= 15 is 0 Å². The second kappa shape index (κ2) is 8.13. The highest BCUT2D eigenvalue weighted by Gasteiger charge is 2.67. The number of benzene rings is 2. The van der Waals surface area contributed by atoms with Crippen LogP contribution in [0.15, 0.2) is 60.7 Å². The molecule has 3 N–H and O–H groups in total. The molecule has 1 saturated carbocycles. The molecular formula is C21H18ClNO5S2. The SMILES string of the molecule is O=C(O)C1(N(c2ccc(-c3ccc(Cl)cc3)s2)S(=O)O)CC1c1cccc(CO)c1. The Kier molecular flexibility index (Phi) is 5.69. The maximum absolute atomic E-state index is 12.3. The molecule has 6 nitrogen and oxygen atoms in total. The first kappa shape index (κ1) is 21.0. The van der Waals surface area contributed by atoms with Gasteiger partial charge in [0.25, 0.3) is 11.3 Å². The van der Waals surface area contributed by atoms with E-state index in [1.54, 1.807) is 48.5 Å². The van der Waals surface area contributed by atoms with Crippen LogP contribution < -0.4 is 4.31 Å². The molecule has 4 rings (SSSR count). The van der Waals surface area contributed by atoms with Crippen molar-refractivity contribution in [2.24, 2.45) is 0 Å². The first-order chi connectivity index (χ1) is 14.4. The number of aliphatic carboxylic acids is 1. The Morgan fingerprint density at radius 2 is 1.93 bits per heavy atom. The van der Waals surface area contributed by atoms with Crippen LogP contribution in [0.1, 0.15) is 23.5 Å². The van der Waals surface area contributed by atoms with E-state index in [1.165, 1.54) is 11.3 Å². The molecule has 1 heterocycles. The van der Waals surface area contributed by atoms with Crippen molar-refractivity contribution >= 4 is 45.2 Å². The minimum Gasteiger partial charge on any atom is -0.479 e. The van der Waals surface area contributed by atoms with Crippen molar-refractivity contribution in [1.29, 1.82) is 0 Å². The number of hydrogen-bond acceptors (Lipinski definition) is 4. The minimum absolute atomic E-state index is 0.161. The van der Waals surface area contributed by atoms with Gasteiger partial charge in [0.2, 0.25) is 0 Å². The topological polar surface area (TPSA) is 98.1 Å². The molecule has 3 atom stereocenters. The zero-order valence-corrected chi connectivity index (χ0v) is 18.0. The van der Waals surface area contributed by atoms with Gasteiger partial charge in [0, 0.05) is 15.8 Å². The van der Waals surface area contributed by atoms with Gasteiger partial charge in [0.05, 0.1) is 6.61 Å². The van der Waals surface area contributed by atoms with E-state index < -0.39 is 28.7 Å². The lowest BCUT2D eigenvalue weighted by Gasteiger charge is -2.26. The number of aliphatic hydroxyl groups is 1. The molecule has 30 heavy (non-hydrogen) atoms. The van der Waals surface area contributed by atoms with Gasteiger partial charge in [-0.2, -0.15) is 0 Å². The second-order valence-electron chi connectivity index (χ2n) is 7.06. The largest absolute Gasteiger partial charge is 0.479 e. The zero-order valence-electron chi connectivity index (χ0n) is 15.6. The van der Waals surface area contributed by atoms with Gasteiger partial charge in [-0.15, -0.1) is 11.3 Å². The van der Waals surface area contributed by atoms with Crippen LogP contribution in [0, 0.1) is 0 Å². The highest BCUT2D eigenvalue weighted by atomic mass is 35.5. The molecular weight excluding hydrogens is 446 g/mol. The van der Waals surface area contributed by atoms with Crippen molar-refractivity contribution in [3.05, 3.63) is 76.8 Å². The summed E-state index contributed by atoms with van der Waals surface area (Å²) in [6.07, 6.45) is 0.192. The highest BCUT2D eigenvalue weighted by Crippen LogP contribution is 2.58. The molecule has 1 aliphatic rings. The maximum Gasteiger partial charge on any atom is 0.331 e. The first-order valence-corrected chi connectivity index (χ1v) is 11.3. The fraction of sp³-hybridized carbons (Fsp3) is 0.190. The summed E-state index contributed by atoms with van der Waals surface area (Å²) in [6.45, 7) is -0.161. The first-order valence-electron chi connectivity index (χ1n) is 9.07. The van der Waals surface area contributed by atoms with Crippen LogP contribution in [-0.2, 0) is 22.7 Å². The fourth-order valence-electron chi connectivity index (χ4n) is 3.72. The van der Waals surface area contributed by atoms with Crippen LogP contribution in [0.3, 0.4) is 0 Å². The molecule has 3 aromatic rings. The third-order valence-corrected chi connectivity index (χ3v) is 7.60. The lowest BCUT2D eigenvalue weighted by molar-refractivity contribution is -0.139. The molecule has 9 heteroatoms. The number of carbonyl (C=O) groups is 1. The summed E-state index contributed by atoms with van der Waals surface area (Å²) >= 11 is 4.64. The third kappa shape index (κ3) is 3.66. The van der Waals surface area contributed by atoms with Gasteiger partial charge in [0.15, 0.2) is 5.54 Å². The van der Waals surface area contributed by atoms with Crippen molar-refractivity contribution in [3.63, 3.8) is 0 Å². The Morgan fingerprint density at radius 1 is 1.20 bits per heavy atom. The van der Waals surface area contributed by atoms with E-state index in [4.69, 9.17) is 11.6 Å². The van der Waals surface area contributed by atoms with Crippen molar-refractivity contribution in [2.45, 2.75) is 24.5 Å². The Balaban J connectivity index is 1.72. The molecule has 0 aliphatic heterocycles. The Hall–Kier alpha value is -2.23. The third-order valence-electron chi connectivity index (χ3n) is 5.28. The number of thiophene rings is 1. The van der Waals surface area contributed by atoms with E-state index in [1.807, 2.05) is 12.1 Å². The summed E-state index contributed by atoms with van der Waals surface area (Å²) in [5.41, 5.74) is 0.729. The number of hydrogen-bond donors (Lipinski definition) is 3. The van der Waals surface area contributed by atoms with Crippen LogP contribution in [-0.4, -0.2) is 30.5 Å². The molecule has 3 unspecified atom stereocenters. The standard InChI is InChI=1S/C21H18ClNO5S2/c22-16-6-4-14(5-7-16)18-8-9-19(29-18)23(30(27)28)21(20(25)26)11-17(21)15-3-1-2-13(10-15)12-24/h1-10,17,24H,11-12H2,(H,25,26)(H,27,28). The molecule has 0 bridgehead atoms. The Morgan fingerprint density at radius 3 is 2.57 bits per heavy atom. The summed E-state index contributed by atoms with van der Waals surface area (Å²) < 4.78 is 23.4. The number of carboxylic acids is 1. The number of halogens is 1. The molecule has 0 radical (unpaired) electrons. The molecule has 1 aliphatic carbocycles.